The minimum absolute atomic E-state index is 0.0524. The number of anilines is 1. The molecule has 2 amide bonds. The number of carbonyl (C=O) groups excluding carboxylic acids is 2. The van der Waals surface area contributed by atoms with Crippen LogP contribution in [0, 0.1) is 0 Å². The minimum Gasteiger partial charge on any atom is -0.497 e. The van der Waals surface area contributed by atoms with Gasteiger partial charge in [-0.05, 0) is 44.5 Å². The Kier molecular flexibility index (Phi) is 7.23. The third-order valence-corrected chi connectivity index (χ3v) is 4.14. The van der Waals surface area contributed by atoms with E-state index in [0.29, 0.717) is 22.7 Å². The summed E-state index contributed by atoms with van der Waals surface area (Å²) in [6, 6.07) is 14.0. The first-order valence-corrected chi connectivity index (χ1v) is 8.96. The summed E-state index contributed by atoms with van der Waals surface area (Å²) in [4.78, 5) is 25.0. The van der Waals surface area contributed by atoms with Crippen LogP contribution in [0.5, 0.6) is 11.5 Å². The van der Waals surface area contributed by atoms with Gasteiger partial charge in [-0.3, -0.25) is 9.59 Å². The second-order valence-corrected chi connectivity index (χ2v) is 6.26. The Hall–Kier alpha value is -3.02. The normalized spacial score (nSPS) is 12.6. The Bertz CT molecular complexity index is 791. The number of para-hydroxylation sites is 1. The first-order chi connectivity index (χ1) is 12.9. The Balaban J connectivity index is 2.07. The minimum atomic E-state index is -0.747. The number of amides is 2. The molecule has 2 N–H and O–H groups in total. The van der Waals surface area contributed by atoms with Gasteiger partial charge in [0, 0.05) is 12.1 Å². The van der Waals surface area contributed by atoms with Crippen molar-refractivity contribution in [1.82, 2.24) is 5.32 Å². The predicted molar refractivity (Wildman–Crippen MR) is 105 cm³/mol. The molecule has 0 aromatic heterocycles. The molecule has 0 spiro atoms. The molecule has 2 unspecified atom stereocenters. The van der Waals surface area contributed by atoms with Gasteiger partial charge in [0.15, 0.2) is 6.10 Å². The zero-order valence-corrected chi connectivity index (χ0v) is 16.1. The first kappa shape index (κ1) is 20.3. The van der Waals surface area contributed by atoms with E-state index in [-0.39, 0.29) is 17.9 Å². The molecule has 6 heteroatoms. The lowest BCUT2D eigenvalue weighted by atomic mass is 10.1. The Morgan fingerprint density at radius 1 is 1.04 bits per heavy atom. The average molecular weight is 370 g/mol. The van der Waals surface area contributed by atoms with E-state index in [4.69, 9.17) is 9.47 Å². The van der Waals surface area contributed by atoms with Crippen LogP contribution in [-0.2, 0) is 4.79 Å². The zero-order valence-electron chi connectivity index (χ0n) is 16.1. The molecule has 2 aromatic rings. The lowest BCUT2D eigenvalue weighted by molar-refractivity contribution is -0.122. The van der Waals surface area contributed by atoms with Crippen molar-refractivity contribution in [3.8, 4) is 11.5 Å². The average Bonchev–Trinajstić information content (AvgIpc) is 2.68. The van der Waals surface area contributed by atoms with E-state index >= 15 is 0 Å². The monoisotopic (exact) mass is 370 g/mol. The van der Waals surface area contributed by atoms with Gasteiger partial charge in [-0.2, -0.15) is 0 Å². The van der Waals surface area contributed by atoms with E-state index in [1.54, 1.807) is 62.6 Å². The molecule has 0 radical (unpaired) electrons. The second-order valence-electron chi connectivity index (χ2n) is 6.26. The van der Waals surface area contributed by atoms with Gasteiger partial charge in [-0.15, -0.1) is 0 Å². The molecule has 2 rings (SSSR count). The molecule has 2 atom stereocenters. The molecule has 0 saturated heterocycles. The maximum absolute atomic E-state index is 12.5. The van der Waals surface area contributed by atoms with Crippen LogP contribution in [0.1, 0.15) is 37.6 Å². The van der Waals surface area contributed by atoms with Crippen molar-refractivity contribution in [2.45, 2.75) is 39.3 Å². The lowest BCUT2D eigenvalue weighted by Crippen LogP contribution is -2.34. The number of hydrogen-bond acceptors (Lipinski definition) is 4. The van der Waals surface area contributed by atoms with E-state index in [2.05, 4.69) is 10.6 Å². The first-order valence-electron chi connectivity index (χ1n) is 8.96. The van der Waals surface area contributed by atoms with Crippen LogP contribution in [0.3, 0.4) is 0 Å². The Morgan fingerprint density at radius 3 is 2.44 bits per heavy atom. The molecule has 144 valence electrons. The van der Waals surface area contributed by atoms with Crippen molar-refractivity contribution in [2.75, 3.05) is 12.4 Å². The zero-order chi connectivity index (χ0) is 19.8. The molecular weight excluding hydrogens is 344 g/mol. The highest BCUT2D eigenvalue weighted by molar-refractivity contribution is 6.04. The molecule has 2 aromatic carbocycles. The fourth-order valence-corrected chi connectivity index (χ4v) is 2.36. The largest absolute Gasteiger partial charge is 0.497 e. The number of ether oxygens (including phenoxy) is 2. The topological polar surface area (TPSA) is 76.7 Å². The van der Waals surface area contributed by atoms with E-state index in [9.17, 15) is 9.59 Å². The van der Waals surface area contributed by atoms with Crippen LogP contribution in [0.15, 0.2) is 48.5 Å². The van der Waals surface area contributed by atoms with Crippen LogP contribution in [0.2, 0.25) is 0 Å². The quantitative estimate of drug-likeness (QED) is 0.744. The molecule has 6 nitrogen and oxygen atoms in total. The summed E-state index contributed by atoms with van der Waals surface area (Å²) in [5, 5.41) is 5.68. The molecule has 27 heavy (non-hydrogen) atoms. The van der Waals surface area contributed by atoms with E-state index in [1.165, 1.54) is 0 Å². The highest BCUT2D eigenvalue weighted by Crippen LogP contribution is 2.21. The summed E-state index contributed by atoms with van der Waals surface area (Å²) < 4.78 is 10.8. The molecule has 0 aliphatic heterocycles. The molecule has 0 aliphatic rings. The van der Waals surface area contributed by atoms with Gasteiger partial charge in [0.25, 0.3) is 11.8 Å². The summed E-state index contributed by atoms with van der Waals surface area (Å²) in [5.74, 6) is 0.607. The van der Waals surface area contributed by atoms with Crippen molar-refractivity contribution < 1.29 is 19.1 Å². The summed E-state index contributed by atoms with van der Waals surface area (Å²) >= 11 is 0. The molecule has 0 fully saturated rings. The number of rotatable bonds is 8. The summed E-state index contributed by atoms with van der Waals surface area (Å²) in [6.07, 6.45) is 0.0777. The van der Waals surface area contributed by atoms with Crippen LogP contribution in [-0.4, -0.2) is 31.1 Å². The molecule has 0 heterocycles. The van der Waals surface area contributed by atoms with Crippen molar-refractivity contribution >= 4 is 17.5 Å². The van der Waals surface area contributed by atoms with Gasteiger partial charge in [-0.1, -0.05) is 25.1 Å². The van der Waals surface area contributed by atoms with Gasteiger partial charge in [0.1, 0.15) is 11.5 Å². The maximum Gasteiger partial charge on any atom is 0.265 e. The van der Waals surface area contributed by atoms with Crippen LogP contribution in [0.25, 0.3) is 0 Å². The Labute approximate surface area is 159 Å². The third kappa shape index (κ3) is 5.74. The standard InChI is InChI=1S/C21H26N2O4/c1-5-14(2)22-21(25)18-11-6-7-12-19(18)23-20(24)15(3)27-17-10-8-9-16(13-17)26-4/h6-15H,5H2,1-4H3,(H,22,25)(H,23,24). The summed E-state index contributed by atoms with van der Waals surface area (Å²) in [6.45, 7) is 5.58. The van der Waals surface area contributed by atoms with E-state index in [0.717, 1.165) is 6.42 Å². The highest BCUT2D eigenvalue weighted by Gasteiger charge is 2.19. The van der Waals surface area contributed by atoms with Crippen molar-refractivity contribution in [2.24, 2.45) is 0 Å². The van der Waals surface area contributed by atoms with Gasteiger partial charge >= 0.3 is 0 Å². The number of benzene rings is 2. The smallest absolute Gasteiger partial charge is 0.265 e. The van der Waals surface area contributed by atoms with Gasteiger partial charge < -0.3 is 20.1 Å². The highest BCUT2D eigenvalue weighted by atomic mass is 16.5. The van der Waals surface area contributed by atoms with E-state index < -0.39 is 6.10 Å². The van der Waals surface area contributed by atoms with Crippen molar-refractivity contribution in [1.29, 1.82) is 0 Å². The molecule has 0 saturated carbocycles. The predicted octanol–water partition coefficient (Wildman–Crippen LogP) is 3.63. The number of hydrogen-bond donors (Lipinski definition) is 2. The summed E-state index contributed by atoms with van der Waals surface area (Å²) in [5.41, 5.74) is 0.865. The fourth-order valence-electron chi connectivity index (χ4n) is 2.36. The number of methoxy groups -OCH3 is 1. The number of nitrogens with one attached hydrogen (secondary N) is 2. The number of carbonyl (C=O) groups is 2. The van der Waals surface area contributed by atoms with Gasteiger partial charge in [0.05, 0.1) is 18.4 Å². The molecular formula is C21H26N2O4. The van der Waals surface area contributed by atoms with Crippen LogP contribution >= 0.6 is 0 Å². The summed E-state index contributed by atoms with van der Waals surface area (Å²) in [7, 11) is 1.57. The Morgan fingerprint density at radius 2 is 1.74 bits per heavy atom. The second kappa shape index (κ2) is 9.62. The van der Waals surface area contributed by atoms with Gasteiger partial charge in [-0.25, -0.2) is 0 Å². The van der Waals surface area contributed by atoms with Crippen LogP contribution < -0.4 is 20.1 Å². The van der Waals surface area contributed by atoms with Gasteiger partial charge in [0.2, 0.25) is 0 Å². The fraction of sp³-hybridized carbons (Fsp3) is 0.333. The van der Waals surface area contributed by atoms with Crippen molar-refractivity contribution in [3.05, 3.63) is 54.1 Å². The molecule has 0 bridgehead atoms. The molecule has 0 aliphatic carbocycles. The van der Waals surface area contributed by atoms with Crippen LogP contribution in [0.4, 0.5) is 5.69 Å². The maximum atomic E-state index is 12.5. The van der Waals surface area contributed by atoms with E-state index in [1.807, 2.05) is 13.8 Å². The lowest BCUT2D eigenvalue weighted by Gasteiger charge is -2.17. The SMILES string of the molecule is CCC(C)NC(=O)c1ccccc1NC(=O)C(C)Oc1cccc(OC)c1. The van der Waals surface area contributed by atoms with Crippen molar-refractivity contribution in [3.63, 3.8) is 0 Å². The third-order valence-electron chi connectivity index (χ3n) is 4.14.